The molecule has 8 nitrogen and oxygen atoms in total. The van der Waals surface area contributed by atoms with E-state index >= 15 is 0 Å². The molecule has 32 heavy (non-hydrogen) atoms. The number of hydrogen-bond donors (Lipinski definition) is 2. The summed E-state index contributed by atoms with van der Waals surface area (Å²) < 4.78 is 13.5. The van der Waals surface area contributed by atoms with Gasteiger partial charge in [0.25, 0.3) is 0 Å². The summed E-state index contributed by atoms with van der Waals surface area (Å²) >= 11 is 0. The summed E-state index contributed by atoms with van der Waals surface area (Å²) in [5.74, 6) is -1.55. The number of benzene rings is 1. The smallest absolute Gasteiger partial charge is 0.341 e. The number of aliphatic carboxylic acids is 1. The van der Waals surface area contributed by atoms with Crippen LogP contribution in [0.1, 0.15) is 61.0 Å². The van der Waals surface area contributed by atoms with Crippen molar-refractivity contribution >= 4 is 11.9 Å². The highest BCUT2D eigenvalue weighted by molar-refractivity contribution is 5.88. The van der Waals surface area contributed by atoms with Crippen molar-refractivity contribution in [2.45, 2.75) is 51.2 Å². The summed E-state index contributed by atoms with van der Waals surface area (Å²) in [5.41, 5.74) is 1.45. The van der Waals surface area contributed by atoms with Gasteiger partial charge in [-0.05, 0) is 36.0 Å². The molecule has 1 aromatic heterocycles. The fourth-order valence-corrected chi connectivity index (χ4v) is 5.33. The summed E-state index contributed by atoms with van der Waals surface area (Å²) in [6.07, 6.45) is 2.47. The van der Waals surface area contributed by atoms with Crippen LogP contribution in [0.5, 0.6) is 5.75 Å². The molecule has 2 heterocycles. The molecule has 0 radical (unpaired) electrons. The SMILES string of the molecule is COc1ccc2c(c1)-c1cc(=O)c(C(=O)O)cn1C1C2C(OCCCC(=O)O)CC1(C)C. The molecule has 8 heteroatoms. The average molecular weight is 441 g/mol. The van der Waals surface area contributed by atoms with Gasteiger partial charge in [0.05, 0.1) is 18.9 Å². The second-order valence-electron chi connectivity index (χ2n) is 9.17. The highest BCUT2D eigenvalue weighted by Gasteiger charge is 2.53. The predicted molar refractivity (Wildman–Crippen MR) is 116 cm³/mol. The van der Waals surface area contributed by atoms with Crippen molar-refractivity contribution in [3.63, 3.8) is 0 Å². The van der Waals surface area contributed by atoms with Crippen molar-refractivity contribution in [3.05, 3.63) is 51.8 Å². The van der Waals surface area contributed by atoms with E-state index in [4.69, 9.17) is 14.6 Å². The minimum atomic E-state index is -1.25. The molecule has 3 atom stereocenters. The standard InChI is InChI=1S/C24H27NO7/c1-24(2)11-19(32-8-4-5-20(27)28)21-14-7-6-13(31-3)9-15(14)17-10-18(26)16(23(29)30)12-25(17)22(21)24/h6-7,9-10,12,19,21-22H,4-5,8,11H2,1-3H3,(H,27,28)(H,29,30). The lowest BCUT2D eigenvalue weighted by atomic mass is 9.77. The highest BCUT2D eigenvalue weighted by atomic mass is 16.5. The van der Waals surface area contributed by atoms with Crippen LogP contribution in [0.2, 0.25) is 0 Å². The summed E-state index contributed by atoms with van der Waals surface area (Å²) in [6, 6.07) is 7.00. The first-order valence-corrected chi connectivity index (χ1v) is 10.6. The molecular formula is C24H27NO7. The van der Waals surface area contributed by atoms with Gasteiger partial charge in [-0.1, -0.05) is 19.9 Å². The molecular weight excluding hydrogens is 414 g/mol. The van der Waals surface area contributed by atoms with Gasteiger partial charge in [-0.2, -0.15) is 0 Å². The fraction of sp³-hybridized carbons (Fsp3) is 0.458. The minimum Gasteiger partial charge on any atom is -0.497 e. The van der Waals surface area contributed by atoms with E-state index in [1.807, 2.05) is 22.8 Å². The van der Waals surface area contributed by atoms with Gasteiger partial charge < -0.3 is 24.3 Å². The molecule has 0 amide bonds. The molecule has 0 bridgehead atoms. The number of hydrogen-bond acceptors (Lipinski definition) is 5. The Labute approximate surface area is 185 Å². The van der Waals surface area contributed by atoms with Gasteiger partial charge in [0.1, 0.15) is 11.3 Å². The summed E-state index contributed by atoms with van der Waals surface area (Å²) in [5, 5.41) is 18.5. The number of pyridine rings is 1. The van der Waals surface area contributed by atoms with Crippen LogP contribution in [0, 0.1) is 5.41 Å². The lowest BCUT2D eigenvalue weighted by molar-refractivity contribution is -0.137. The Morgan fingerprint density at radius 2 is 1.97 bits per heavy atom. The maximum Gasteiger partial charge on any atom is 0.341 e. The zero-order valence-corrected chi connectivity index (χ0v) is 18.3. The number of ether oxygens (including phenoxy) is 2. The molecule has 2 aliphatic rings. The van der Waals surface area contributed by atoms with E-state index in [0.717, 1.165) is 17.5 Å². The number of carboxylic acid groups (broad SMARTS) is 2. The largest absolute Gasteiger partial charge is 0.497 e. The summed E-state index contributed by atoms with van der Waals surface area (Å²) in [7, 11) is 1.57. The van der Waals surface area contributed by atoms with Crippen LogP contribution in [-0.4, -0.2) is 46.5 Å². The topological polar surface area (TPSA) is 115 Å². The number of rotatable bonds is 7. The highest BCUT2D eigenvalue weighted by Crippen LogP contribution is 2.59. The molecule has 1 saturated carbocycles. The fourth-order valence-electron chi connectivity index (χ4n) is 5.33. The lowest BCUT2D eigenvalue weighted by Crippen LogP contribution is -2.33. The van der Waals surface area contributed by atoms with E-state index in [0.29, 0.717) is 24.5 Å². The molecule has 2 N–H and O–H groups in total. The maximum absolute atomic E-state index is 12.5. The van der Waals surface area contributed by atoms with Gasteiger partial charge in [0.15, 0.2) is 5.43 Å². The van der Waals surface area contributed by atoms with Crippen molar-refractivity contribution in [1.82, 2.24) is 4.57 Å². The van der Waals surface area contributed by atoms with E-state index in [1.54, 1.807) is 7.11 Å². The van der Waals surface area contributed by atoms with Gasteiger partial charge in [-0.15, -0.1) is 0 Å². The van der Waals surface area contributed by atoms with Crippen LogP contribution in [0.4, 0.5) is 0 Å². The Balaban J connectivity index is 1.84. The Morgan fingerprint density at radius 3 is 2.62 bits per heavy atom. The van der Waals surface area contributed by atoms with Crippen molar-refractivity contribution in [3.8, 4) is 17.0 Å². The second kappa shape index (κ2) is 8.09. The number of methoxy groups -OCH3 is 1. The molecule has 2 aromatic rings. The van der Waals surface area contributed by atoms with E-state index in [9.17, 15) is 19.5 Å². The Morgan fingerprint density at radius 1 is 1.22 bits per heavy atom. The van der Waals surface area contributed by atoms with Crippen molar-refractivity contribution in [2.75, 3.05) is 13.7 Å². The monoisotopic (exact) mass is 441 g/mol. The van der Waals surface area contributed by atoms with E-state index < -0.39 is 17.4 Å². The second-order valence-corrected chi connectivity index (χ2v) is 9.17. The first-order chi connectivity index (χ1) is 15.1. The number of nitrogens with zero attached hydrogens (tertiary/aromatic N) is 1. The van der Waals surface area contributed by atoms with Gasteiger partial charge in [0, 0.05) is 42.8 Å². The van der Waals surface area contributed by atoms with Crippen LogP contribution in [-0.2, 0) is 9.53 Å². The Kier molecular flexibility index (Phi) is 5.58. The quantitative estimate of drug-likeness (QED) is 0.632. The molecule has 0 spiro atoms. The molecule has 4 rings (SSSR count). The van der Waals surface area contributed by atoms with Gasteiger partial charge in [0.2, 0.25) is 0 Å². The van der Waals surface area contributed by atoms with E-state index in [1.165, 1.54) is 12.3 Å². The normalized spacial score (nSPS) is 22.5. The van der Waals surface area contributed by atoms with E-state index in [2.05, 4.69) is 13.8 Å². The molecule has 170 valence electrons. The number of aromatic carboxylic acids is 1. The van der Waals surface area contributed by atoms with Crippen LogP contribution < -0.4 is 10.2 Å². The zero-order chi connectivity index (χ0) is 23.2. The van der Waals surface area contributed by atoms with Crippen LogP contribution >= 0.6 is 0 Å². The van der Waals surface area contributed by atoms with Crippen molar-refractivity contribution < 1.29 is 29.3 Å². The third-order valence-electron chi connectivity index (χ3n) is 6.64. The molecule has 1 fully saturated rings. The molecule has 3 unspecified atom stereocenters. The third kappa shape index (κ3) is 3.68. The maximum atomic E-state index is 12.5. The van der Waals surface area contributed by atoms with Crippen LogP contribution in [0.15, 0.2) is 35.3 Å². The predicted octanol–water partition coefficient (Wildman–Crippen LogP) is 3.54. The zero-order valence-electron chi connectivity index (χ0n) is 18.3. The number of aromatic nitrogens is 1. The number of carbonyl (C=O) groups is 2. The summed E-state index contributed by atoms with van der Waals surface area (Å²) in [6.45, 7) is 4.56. The van der Waals surface area contributed by atoms with Crippen LogP contribution in [0.25, 0.3) is 11.3 Å². The molecule has 1 aliphatic carbocycles. The number of fused-ring (bicyclic) bond motifs is 6. The van der Waals surface area contributed by atoms with Crippen molar-refractivity contribution in [2.24, 2.45) is 5.41 Å². The molecule has 1 aliphatic heterocycles. The average Bonchev–Trinajstić information content (AvgIpc) is 3.00. The molecule has 1 aromatic carbocycles. The van der Waals surface area contributed by atoms with E-state index in [-0.39, 0.29) is 35.5 Å². The van der Waals surface area contributed by atoms with Crippen molar-refractivity contribution in [1.29, 1.82) is 0 Å². The summed E-state index contributed by atoms with van der Waals surface area (Å²) in [4.78, 5) is 35.1. The minimum absolute atomic E-state index is 0.0455. The Bertz CT molecular complexity index is 1130. The van der Waals surface area contributed by atoms with Gasteiger partial charge in [-0.25, -0.2) is 4.79 Å². The first kappa shape index (κ1) is 22.1. The number of carboxylic acids is 2. The van der Waals surface area contributed by atoms with Gasteiger partial charge in [-0.3, -0.25) is 9.59 Å². The first-order valence-electron chi connectivity index (χ1n) is 10.6. The lowest BCUT2D eigenvalue weighted by Gasteiger charge is -2.40. The Hall–Kier alpha value is -3.13. The van der Waals surface area contributed by atoms with Crippen LogP contribution in [0.3, 0.4) is 0 Å². The molecule has 0 saturated heterocycles. The third-order valence-corrected chi connectivity index (χ3v) is 6.64. The van der Waals surface area contributed by atoms with Gasteiger partial charge >= 0.3 is 11.9 Å².